The summed E-state index contributed by atoms with van der Waals surface area (Å²) in [5.41, 5.74) is 3.91. The molecule has 2 aromatic heterocycles. The van der Waals surface area contributed by atoms with Gasteiger partial charge in [-0.05, 0) is 37.6 Å². The number of hydrogen-bond donors (Lipinski definition) is 1. The monoisotopic (exact) mass is 421 g/mol. The van der Waals surface area contributed by atoms with Gasteiger partial charge in [0.1, 0.15) is 16.3 Å². The zero-order valence-electron chi connectivity index (χ0n) is 17.4. The van der Waals surface area contributed by atoms with Crippen LogP contribution in [0.2, 0.25) is 0 Å². The molecule has 0 aliphatic carbocycles. The van der Waals surface area contributed by atoms with Crippen LogP contribution in [0.15, 0.2) is 48.5 Å². The SMILES string of the molecule is COc1ccc(NC(=O)c2cc3c(C)nn(Cc4ccc(C)cc4)c3s2)c(OC)c1. The maximum Gasteiger partial charge on any atom is 0.265 e. The van der Waals surface area contributed by atoms with Crippen molar-refractivity contribution in [2.75, 3.05) is 19.5 Å². The molecule has 0 fully saturated rings. The standard InChI is InChI=1S/C23H23N3O3S/c1-14-5-7-16(8-6-14)13-26-23-18(15(2)25-26)12-21(30-23)22(27)24-19-10-9-17(28-3)11-20(19)29-4/h5-12H,13H2,1-4H3,(H,24,27). The molecule has 0 spiro atoms. The van der Waals surface area contributed by atoms with Gasteiger partial charge in [0.05, 0.1) is 37.0 Å². The summed E-state index contributed by atoms with van der Waals surface area (Å²) in [7, 11) is 3.15. The Bertz CT molecular complexity index is 1210. The maximum absolute atomic E-state index is 12.9. The van der Waals surface area contributed by atoms with Gasteiger partial charge in [0.25, 0.3) is 5.91 Å². The number of aromatic nitrogens is 2. The molecule has 0 radical (unpaired) electrons. The van der Waals surface area contributed by atoms with Gasteiger partial charge in [0, 0.05) is 11.5 Å². The first-order valence-electron chi connectivity index (χ1n) is 9.54. The first-order chi connectivity index (χ1) is 14.5. The fourth-order valence-corrected chi connectivity index (χ4v) is 4.34. The largest absolute Gasteiger partial charge is 0.497 e. The van der Waals surface area contributed by atoms with Gasteiger partial charge in [-0.15, -0.1) is 11.3 Å². The van der Waals surface area contributed by atoms with E-state index in [9.17, 15) is 4.79 Å². The molecule has 4 rings (SSSR count). The Morgan fingerprint density at radius 1 is 1.07 bits per heavy atom. The van der Waals surface area contributed by atoms with Crippen molar-refractivity contribution in [1.29, 1.82) is 0 Å². The molecule has 6 nitrogen and oxygen atoms in total. The number of carbonyl (C=O) groups excluding carboxylic acids is 1. The minimum absolute atomic E-state index is 0.180. The Hall–Kier alpha value is -3.32. The van der Waals surface area contributed by atoms with Gasteiger partial charge in [0.15, 0.2) is 0 Å². The predicted octanol–water partition coefficient (Wildman–Crippen LogP) is 5.03. The molecule has 7 heteroatoms. The number of nitrogens with zero attached hydrogens (tertiary/aromatic N) is 2. The highest BCUT2D eigenvalue weighted by molar-refractivity contribution is 7.20. The summed E-state index contributed by atoms with van der Waals surface area (Å²) in [6.07, 6.45) is 0. The molecular weight excluding hydrogens is 398 g/mol. The van der Waals surface area contributed by atoms with Gasteiger partial charge in [-0.3, -0.25) is 9.48 Å². The third kappa shape index (κ3) is 3.89. The Morgan fingerprint density at radius 3 is 2.53 bits per heavy atom. The van der Waals surface area contributed by atoms with Crippen molar-refractivity contribution in [1.82, 2.24) is 9.78 Å². The van der Waals surface area contributed by atoms with E-state index in [0.29, 0.717) is 28.6 Å². The number of aryl methyl sites for hydroxylation is 2. The number of benzene rings is 2. The van der Waals surface area contributed by atoms with E-state index < -0.39 is 0 Å². The van der Waals surface area contributed by atoms with Gasteiger partial charge in [-0.25, -0.2) is 0 Å². The zero-order valence-corrected chi connectivity index (χ0v) is 18.2. The van der Waals surface area contributed by atoms with Crippen molar-refractivity contribution in [3.63, 3.8) is 0 Å². The van der Waals surface area contributed by atoms with Crippen LogP contribution in [0.5, 0.6) is 11.5 Å². The number of carbonyl (C=O) groups is 1. The molecule has 2 aromatic carbocycles. The van der Waals surface area contributed by atoms with Crippen molar-refractivity contribution >= 4 is 33.1 Å². The van der Waals surface area contributed by atoms with Gasteiger partial charge in [0.2, 0.25) is 0 Å². The van der Waals surface area contributed by atoms with Crippen molar-refractivity contribution in [2.24, 2.45) is 0 Å². The summed E-state index contributed by atoms with van der Waals surface area (Å²) in [6.45, 7) is 4.70. The van der Waals surface area contributed by atoms with E-state index in [-0.39, 0.29) is 5.91 Å². The van der Waals surface area contributed by atoms with Crippen LogP contribution >= 0.6 is 11.3 Å². The number of fused-ring (bicyclic) bond motifs is 1. The minimum atomic E-state index is -0.180. The lowest BCUT2D eigenvalue weighted by atomic mass is 10.1. The summed E-state index contributed by atoms with van der Waals surface area (Å²) in [5.74, 6) is 1.03. The number of methoxy groups -OCH3 is 2. The summed E-state index contributed by atoms with van der Waals surface area (Å²) in [6, 6.07) is 15.6. The maximum atomic E-state index is 12.9. The highest BCUT2D eigenvalue weighted by Gasteiger charge is 2.18. The van der Waals surface area contributed by atoms with E-state index in [4.69, 9.17) is 9.47 Å². The number of ether oxygens (including phenoxy) is 2. The number of rotatable bonds is 6. The second-order valence-corrected chi connectivity index (χ2v) is 8.11. The quantitative estimate of drug-likeness (QED) is 0.474. The van der Waals surface area contributed by atoms with Crippen LogP contribution in [-0.2, 0) is 6.54 Å². The number of amides is 1. The second kappa shape index (κ2) is 8.20. The van der Waals surface area contributed by atoms with E-state index in [2.05, 4.69) is 41.6 Å². The number of nitrogens with one attached hydrogen (secondary N) is 1. The minimum Gasteiger partial charge on any atom is -0.497 e. The molecule has 0 bridgehead atoms. The molecule has 2 heterocycles. The summed E-state index contributed by atoms with van der Waals surface area (Å²) < 4.78 is 12.6. The normalized spacial score (nSPS) is 10.9. The Morgan fingerprint density at radius 2 is 1.83 bits per heavy atom. The third-order valence-corrected chi connectivity index (χ3v) is 6.09. The van der Waals surface area contributed by atoms with E-state index >= 15 is 0 Å². The molecular formula is C23H23N3O3S. The van der Waals surface area contributed by atoms with Crippen molar-refractivity contribution < 1.29 is 14.3 Å². The van der Waals surface area contributed by atoms with E-state index in [1.54, 1.807) is 32.4 Å². The van der Waals surface area contributed by atoms with Gasteiger partial charge in [-0.2, -0.15) is 5.10 Å². The summed E-state index contributed by atoms with van der Waals surface area (Å²) in [5, 5.41) is 8.59. The summed E-state index contributed by atoms with van der Waals surface area (Å²) >= 11 is 1.44. The van der Waals surface area contributed by atoms with Gasteiger partial charge >= 0.3 is 0 Å². The average Bonchev–Trinajstić information content (AvgIpc) is 3.31. The van der Waals surface area contributed by atoms with Crippen molar-refractivity contribution in [3.8, 4) is 11.5 Å². The lowest BCUT2D eigenvalue weighted by molar-refractivity contribution is 0.103. The number of hydrogen-bond acceptors (Lipinski definition) is 5. The van der Waals surface area contributed by atoms with Crippen molar-refractivity contribution in [3.05, 3.63) is 70.2 Å². The Kier molecular flexibility index (Phi) is 5.46. The molecule has 0 aliphatic heterocycles. The molecule has 0 saturated heterocycles. The van der Waals surface area contributed by atoms with E-state index in [1.807, 2.05) is 17.7 Å². The third-order valence-electron chi connectivity index (χ3n) is 4.94. The topological polar surface area (TPSA) is 65.4 Å². The molecule has 0 aliphatic rings. The van der Waals surface area contributed by atoms with E-state index in [1.165, 1.54) is 22.5 Å². The Labute approximate surface area is 179 Å². The molecule has 154 valence electrons. The molecule has 0 atom stereocenters. The van der Waals surface area contributed by atoms with Crippen LogP contribution in [0.4, 0.5) is 5.69 Å². The van der Waals surface area contributed by atoms with Crippen LogP contribution < -0.4 is 14.8 Å². The lowest BCUT2D eigenvalue weighted by Gasteiger charge is -2.11. The highest BCUT2D eigenvalue weighted by atomic mass is 32.1. The van der Waals surface area contributed by atoms with Crippen molar-refractivity contribution in [2.45, 2.75) is 20.4 Å². The molecule has 4 aromatic rings. The fraction of sp³-hybridized carbons (Fsp3) is 0.217. The average molecular weight is 422 g/mol. The molecule has 1 N–H and O–H groups in total. The highest BCUT2D eigenvalue weighted by Crippen LogP contribution is 2.32. The molecule has 0 saturated carbocycles. The zero-order chi connectivity index (χ0) is 21.3. The molecule has 30 heavy (non-hydrogen) atoms. The van der Waals surface area contributed by atoms with Crippen LogP contribution in [0.25, 0.3) is 10.2 Å². The van der Waals surface area contributed by atoms with Gasteiger partial charge in [-0.1, -0.05) is 29.8 Å². The summed E-state index contributed by atoms with van der Waals surface area (Å²) in [4.78, 5) is 14.5. The molecule has 1 amide bonds. The Balaban J connectivity index is 1.60. The van der Waals surface area contributed by atoms with Crippen LogP contribution in [0, 0.1) is 13.8 Å². The predicted molar refractivity (Wildman–Crippen MR) is 120 cm³/mol. The first kappa shape index (κ1) is 20.0. The van der Waals surface area contributed by atoms with Crippen LogP contribution in [-0.4, -0.2) is 29.9 Å². The lowest BCUT2D eigenvalue weighted by Crippen LogP contribution is -2.11. The van der Waals surface area contributed by atoms with Crippen LogP contribution in [0.1, 0.15) is 26.5 Å². The van der Waals surface area contributed by atoms with Crippen LogP contribution in [0.3, 0.4) is 0 Å². The second-order valence-electron chi connectivity index (χ2n) is 7.08. The van der Waals surface area contributed by atoms with Gasteiger partial charge < -0.3 is 14.8 Å². The van der Waals surface area contributed by atoms with E-state index in [0.717, 1.165) is 15.9 Å². The molecule has 0 unspecified atom stereocenters. The number of anilines is 1. The fourth-order valence-electron chi connectivity index (χ4n) is 3.28. The smallest absolute Gasteiger partial charge is 0.265 e. The number of thiophene rings is 1. The first-order valence-corrected chi connectivity index (χ1v) is 10.4.